The fraction of sp³-hybridized carbons (Fsp3) is 0.500. The first-order valence-corrected chi connectivity index (χ1v) is 8.66. The molecule has 1 unspecified atom stereocenters. The monoisotopic (exact) mass is 348 g/mol. The third-order valence-electron chi connectivity index (χ3n) is 3.46. The Hall–Kier alpha value is -1.74. The van der Waals surface area contributed by atoms with Crippen molar-refractivity contribution in [1.29, 1.82) is 0 Å². The van der Waals surface area contributed by atoms with Gasteiger partial charge in [-0.15, -0.1) is 0 Å². The molecule has 2 rings (SSSR count). The average molecular weight is 348 g/mol. The van der Waals surface area contributed by atoms with Gasteiger partial charge in [0.2, 0.25) is 10.0 Å². The normalized spacial score (nSPS) is 19.3. The molecule has 128 valence electrons. The third kappa shape index (κ3) is 4.38. The zero-order valence-corrected chi connectivity index (χ0v) is 13.4. The second-order valence-corrected chi connectivity index (χ2v) is 7.11. The first-order chi connectivity index (χ1) is 10.8. The number of hydrogen-bond donors (Lipinski definition) is 1. The lowest BCUT2D eigenvalue weighted by molar-refractivity contribution is 0.142. The SMILES string of the molecule is CCOC(=O)NC1CCCN(S(=O)(=O)c2cc(F)cc(F)c2)C1. The highest BCUT2D eigenvalue weighted by molar-refractivity contribution is 7.89. The number of sulfonamides is 1. The van der Waals surface area contributed by atoms with E-state index in [1.165, 1.54) is 0 Å². The van der Waals surface area contributed by atoms with Crippen molar-refractivity contribution in [3.8, 4) is 0 Å². The van der Waals surface area contributed by atoms with E-state index in [9.17, 15) is 22.0 Å². The van der Waals surface area contributed by atoms with E-state index in [0.29, 0.717) is 18.9 Å². The first-order valence-electron chi connectivity index (χ1n) is 7.22. The minimum atomic E-state index is -4.03. The standard InChI is InChI=1S/C14H18F2N2O4S/c1-2-22-14(19)17-12-4-3-5-18(9-12)23(20,21)13-7-10(15)6-11(16)8-13/h6-8,12H,2-5,9H2,1H3,(H,17,19). The van der Waals surface area contributed by atoms with Crippen LogP contribution in [0.5, 0.6) is 0 Å². The number of ether oxygens (including phenoxy) is 1. The van der Waals surface area contributed by atoms with Gasteiger partial charge in [0.15, 0.2) is 0 Å². The fourth-order valence-corrected chi connectivity index (χ4v) is 4.01. The lowest BCUT2D eigenvalue weighted by Crippen LogP contribution is -2.49. The van der Waals surface area contributed by atoms with Crippen LogP contribution in [0.3, 0.4) is 0 Å². The summed E-state index contributed by atoms with van der Waals surface area (Å²) in [6.45, 7) is 2.12. The largest absolute Gasteiger partial charge is 0.450 e. The molecule has 0 radical (unpaired) electrons. The lowest BCUT2D eigenvalue weighted by Gasteiger charge is -2.32. The summed E-state index contributed by atoms with van der Waals surface area (Å²) < 4.78 is 57.4. The van der Waals surface area contributed by atoms with Crippen molar-refractivity contribution in [3.05, 3.63) is 29.8 Å². The van der Waals surface area contributed by atoms with Gasteiger partial charge in [-0.1, -0.05) is 0 Å². The zero-order chi connectivity index (χ0) is 17.0. The van der Waals surface area contributed by atoms with Gasteiger partial charge in [-0.2, -0.15) is 4.31 Å². The molecular weight excluding hydrogens is 330 g/mol. The number of rotatable bonds is 4. The highest BCUT2D eigenvalue weighted by atomic mass is 32.2. The van der Waals surface area contributed by atoms with Crippen LogP contribution >= 0.6 is 0 Å². The van der Waals surface area contributed by atoms with Crippen LogP contribution in [0.2, 0.25) is 0 Å². The van der Waals surface area contributed by atoms with E-state index in [-0.39, 0.29) is 19.7 Å². The van der Waals surface area contributed by atoms with Gasteiger partial charge in [0.1, 0.15) is 11.6 Å². The number of benzene rings is 1. The Morgan fingerprint density at radius 2 is 2.00 bits per heavy atom. The Bertz CT molecular complexity index is 661. The summed E-state index contributed by atoms with van der Waals surface area (Å²) in [5.74, 6) is -1.91. The Morgan fingerprint density at radius 1 is 1.35 bits per heavy atom. The molecule has 1 aliphatic rings. The van der Waals surface area contributed by atoms with Crippen molar-refractivity contribution in [2.75, 3.05) is 19.7 Å². The van der Waals surface area contributed by atoms with Crippen LogP contribution in [0, 0.1) is 11.6 Å². The number of amides is 1. The molecule has 1 aliphatic heterocycles. The van der Waals surface area contributed by atoms with Crippen LogP contribution in [0.1, 0.15) is 19.8 Å². The zero-order valence-electron chi connectivity index (χ0n) is 12.6. The number of alkyl carbamates (subject to hydrolysis) is 1. The molecule has 0 spiro atoms. The molecule has 1 amide bonds. The van der Waals surface area contributed by atoms with Gasteiger partial charge in [-0.25, -0.2) is 22.0 Å². The Morgan fingerprint density at radius 3 is 2.61 bits per heavy atom. The summed E-state index contributed by atoms with van der Waals surface area (Å²) in [7, 11) is -4.03. The molecule has 9 heteroatoms. The van der Waals surface area contributed by atoms with Gasteiger partial charge in [0.25, 0.3) is 0 Å². The summed E-state index contributed by atoms with van der Waals surface area (Å²) in [6.07, 6.45) is 0.504. The summed E-state index contributed by atoms with van der Waals surface area (Å²) in [6, 6.07) is 1.76. The van der Waals surface area contributed by atoms with Gasteiger partial charge in [-0.05, 0) is 31.9 Å². The Balaban J connectivity index is 2.14. The molecule has 6 nitrogen and oxygen atoms in total. The molecule has 0 aliphatic carbocycles. The quantitative estimate of drug-likeness (QED) is 0.901. The van der Waals surface area contributed by atoms with Crippen molar-refractivity contribution in [3.63, 3.8) is 0 Å². The molecule has 0 saturated carbocycles. The summed E-state index contributed by atoms with van der Waals surface area (Å²) in [4.78, 5) is 11.0. The molecule has 1 aromatic carbocycles. The van der Waals surface area contributed by atoms with Crippen LogP contribution in [0.25, 0.3) is 0 Å². The predicted octanol–water partition coefficient (Wildman–Crippen LogP) is 1.86. The van der Waals surface area contributed by atoms with E-state index in [1.54, 1.807) is 6.92 Å². The van der Waals surface area contributed by atoms with Crippen LogP contribution in [0.15, 0.2) is 23.1 Å². The molecule has 1 fully saturated rings. The minimum absolute atomic E-state index is 0.0271. The summed E-state index contributed by atoms with van der Waals surface area (Å²) in [5, 5.41) is 2.58. The number of nitrogens with one attached hydrogen (secondary N) is 1. The van der Waals surface area contributed by atoms with Crippen molar-refractivity contribution in [1.82, 2.24) is 9.62 Å². The molecule has 0 bridgehead atoms. The van der Waals surface area contributed by atoms with Crippen LogP contribution in [-0.2, 0) is 14.8 Å². The van der Waals surface area contributed by atoms with E-state index in [4.69, 9.17) is 4.74 Å². The lowest BCUT2D eigenvalue weighted by atomic mass is 10.1. The Kier molecular flexibility index (Phi) is 5.53. The maximum Gasteiger partial charge on any atom is 0.407 e. The fourth-order valence-electron chi connectivity index (χ4n) is 2.44. The molecule has 1 atom stereocenters. The van der Waals surface area contributed by atoms with E-state index in [2.05, 4.69) is 5.32 Å². The smallest absolute Gasteiger partial charge is 0.407 e. The van der Waals surface area contributed by atoms with Crippen molar-refractivity contribution in [2.45, 2.75) is 30.7 Å². The van der Waals surface area contributed by atoms with Crippen molar-refractivity contribution < 1.29 is 26.7 Å². The molecule has 1 N–H and O–H groups in total. The van der Waals surface area contributed by atoms with Crippen LogP contribution in [0.4, 0.5) is 13.6 Å². The van der Waals surface area contributed by atoms with E-state index in [0.717, 1.165) is 16.4 Å². The highest BCUT2D eigenvalue weighted by Crippen LogP contribution is 2.22. The number of carbonyl (C=O) groups excluding carboxylic acids is 1. The maximum absolute atomic E-state index is 13.3. The molecule has 0 aromatic heterocycles. The van der Waals surface area contributed by atoms with E-state index < -0.39 is 38.7 Å². The van der Waals surface area contributed by atoms with Gasteiger partial charge in [-0.3, -0.25) is 0 Å². The first kappa shape index (κ1) is 17.6. The van der Waals surface area contributed by atoms with Gasteiger partial charge in [0, 0.05) is 25.2 Å². The topological polar surface area (TPSA) is 75.7 Å². The predicted molar refractivity (Wildman–Crippen MR) is 78.3 cm³/mol. The van der Waals surface area contributed by atoms with E-state index >= 15 is 0 Å². The Labute approximate surface area is 133 Å². The maximum atomic E-state index is 13.3. The number of halogens is 2. The van der Waals surface area contributed by atoms with Crippen LogP contribution in [-0.4, -0.2) is 44.6 Å². The molecule has 1 aromatic rings. The van der Waals surface area contributed by atoms with Gasteiger partial charge in [0.05, 0.1) is 11.5 Å². The number of piperidine rings is 1. The van der Waals surface area contributed by atoms with Crippen LogP contribution < -0.4 is 5.32 Å². The second kappa shape index (κ2) is 7.22. The molecule has 1 saturated heterocycles. The average Bonchev–Trinajstić information content (AvgIpc) is 2.46. The number of nitrogens with zero attached hydrogens (tertiary/aromatic N) is 1. The number of carbonyl (C=O) groups is 1. The minimum Gasteiger partial charge on any atom is -0.450 e. The molecule has 23 heavy (non-hydrogen) atoms. The van der Waals surface area contributed by atoms with Gasteiger partial charge >= 0.3 is 6.09 Å². The van der Waals surface area contributed by atoms with Crippen molar-refractivity contribution in [2.24, 2.45) is 0 Å². The third-order valence-corrected chi connectivity index (χ3v) is 5.30. The molecular formula is C14H18F2N2O4S. The summed E-state index contributed by atoms with van der Waals surface area (Å²) >= 11 is 0. The van der Waals surface area contributed by atoms with E-state index in [1.807, 2.05) is 0 Å². The van der Waals surface area contributed by atoms with Gasteiger partial charge < -0.3 is 10.1 Å². The summed E-state index contributed by atoms with van der Waals surface area (Å²) in [5.41, 5.74) is 0. The van der Waals surface area contributed by atoms with Crippen molar-refractivity contribution >= 4 is 16.1 Å². The second-order valence-electron chi connectivity index (χ2n) is 5.17. The highest BCUT2D eigenvalue weighted by Gasteiger charge is 2.31. The number of hydrogen-bond acceptors (Lipinski definition) is 4. The molecule has 1 heterocycles.